The molecule has 0 radical (unpaired) electrons. The fourth-order valence-corrected chi connectivity index (χ4v) is 6.12. The SMILES string of the molecule is CC1(C)C(=O)N(CC2CC2)C(c2ccc(Cl)cc2)C(c2cccc(Cl)c2)[S+]1[O-]. The Morgan fingerprint density at radius 2 is 1.75 bits per heavy atom. The van der Waals surface area contributed by atoms with Crippen LogP contribution in [0.3, 0.4) is 0 Å². The third-order valence-electron chi connectivity index (χ3n) is 5.67. The summed E-state index contributed by atoms with van der Waals surface area (Å²) in [5.41, 5.74) is 1.85. The number of hydrogen-bond acceptors (Lipinski definition) is 2. The van der Waals surface area contributed by atoms with Gasteiger partial charge in [0, 0.05) is 22.2 Å². The number of carbonyl (C=O) groups is 1. The van der Waals surface area contributed by atoms with Crippen molar-refractivity contribution in [2.24, 2.45) is 5.92 Å². The van der Waals surface area contributed by atoms with E-state index in [4.69, 9.17) is 23.2 Å². The van der Waals surface area contributed by atoms with Crippen LogP contribution in [-0.4, -0.2) is 26.7 Å². The third-order valence-corrected chi connectivity index (χ3v) is 8.33. The average Bonchev–Trinajstić information content (AvgIpc) is 3.47. The molecule has 1 saturated heterocycles. The molecule has 1 amide bonds. The first-order chi connectivity index (χ1) is 13.3. The van der Waals surface area contributed by atoms with Gasteiger partial charge in [0.05, 0.1) is 0 Å². The van der Waals surface area contributed by atoms with Gasteiger partial charge in [-0.05, 0) is 73.6 Å². The van der Waals surface area contributed by atoms with E-state index in [9.17, 15) is 9.35 Å². The minimum atomic E-state index is -1.41. The first-order valence-corrected chi connectivity index (χ1v) is 11.5. The molecule has 2 aliphatic rings. The molecule has 28 heavy (non-hydrogen) atoms. The summed E-state index contributed by atoms with van der Waals surface area (Å²) < 4.78 is 12.7. The van der Waals surface area contributed by atoms with Gasteiger partial charge in [-0.25, -0.2) is 0 Å². The van der Waals surface area contributed by atoms with E-state index in [0.29, 0.717) is 22.5 Å². The van der Waals surface area contributed by atoms with Gasteiger partial charge in [0.15, 0.2) is 10.00 Å². The number of nitrogens with zero attached hydrogens (tertiary/aromatic N) is 1. The Balaban J connectivity index is 1.86. The third kappa shape index (κ3) is 3.68. The summed E-state index contributed by atoms with van der Waals surface area (Å²) in [4.78, 5) is 15.3. The largest absolute Gasteiger partial charge is 0.615 e. The van der Waals surface area contributed by atoms with Crippen molar-refractivity contribution < 1.29 is 9.35 Å². The van der Waals surface area contributed by atoms with Crippen LogP contribution in [0.4, 0.5) is 0 Å². The van der Waals surface area contributed by atoms with Gasteiger partial charge in [0.2, 0.25) is 0 Å². The molecular formula is C22H23Cl2NO2S. The van der Waals surface area contributed by atoms with E-state index in [-0.39, 0.29) is 17.2 Å². The van der Waals surface area contributed by atoms with Gasteiger partial charge in [0.1, 0.15) is 6.04 Å². The molecule has 2 aromatic rings. The van der Waals surface area contributed by atoms with Crippen molar-refractivity contribution in [1.29, 1.82) is 0 Å². The van der Waals surface area contributed by atoms with Gasteiger partial charge in [-0.3, -0.25) is 4.79 Å². The van der Waals surface area contributed by atoms with E-state index in [1.165, 1.54) is 0 Å². The highest BCUT2D eigenvalue weighted by Gasteiger charge is 2.58. The van der Waals surface area contributed by atoms with Crippen molar-refractivity contribution in [2.45, 2.75) is 42.7 Å². The summed E-state index contributed by atoms with van der Waals surface area (Å²) in [6.07, 6.45) is 2.28. The van der Waals surface area contributed by atoms with Gasteiger partial charge in [0.25, 0.3) is 5.91 Å². The molecule has 0 N–H and O–H groups in total. The molecule has 0 spiro atoms. The highest BCUT2D eigenvalue weighted by molar-refractivity contribution is 7.93. The molecular weight excluding hydrogens is 413 g/mol. The normalized spacial score (nSPS) is 27.1. The van der Waals surface area contributed by atoms with Crippen LogP contribution in [0, 0.1) is 5.92 Å². The minimum absolute atomic E-state index is 0.0454. The van der Waals surface area contributed by atoms with Gasteiger partial charge < -0.3 is 9.45 Å². The highest BCUT2D eigenvalue weighted by Crippen LogP contribution is 2.51. The van der Waals surface area contributed by atoms with Gasteiger partial charge in [-0.1, -0.05) is 47.5 Å². The van der Waals surface area contributed by atoms with Gasteiger partial charge in [-0.2, -0.15) is 0 Å². The molecule has 148 valence electrons. The molecule has 1 saturated carbocycles. The van der Waals surface area contributed by atoms with Crippen LogP contribution in [0.1, 0.15) is 49.1 Å². The van der Waals surface area contributed by atoms with Crippen LogP contribution in [0.2, 0.25) is 10.0 Å². The second kappa shape index (κ2) is 7.56. The summed E-state index contributed by atoms with van der Waals surface area (Å²) in [6.45, 7) is 4.28. The number of hydrogen-bond donors (Lipinski definition) is 0. The fraction of sp³-hybridized carbons (Fsp3) is 0.409. The van der Waals surface area contributed by atoms with E-state index >= 15 is 0 Å². The first-order valence-electron chi connectivity index (χ1n) is 9.51. The molecule has 1 aliphatic heterocycles. The van der Waals surface area contributed by atoms with Crippen molar-refractivity contribution in [1.82, 2.24) is 4.90 Å². The smallest absolute Gasteiger partial charge is 0.278 e. The lowest BCUT2D eigenvalue weighted by Crippen LogP contribution is -2.60. The van der Waals surface area contributed by atoms with Gasteiger partial charge in [-0.15, -0.1) is 0 Å². The van der Waals surface area contributed by atoms with Crippen LogP contribution in [0.5, 0.6) is 0 Å². The van der Waals surface area contributed by atoms with Crippen LogP contribution < -0.4 is 0 Å². The van der Waals surface area contributed by atoms with E-state index in [1.807, 2.05) is 53.4 Å². The lowest BCUT2D eigenvalue weighted by Gasteiger charge is -2.48. The maximum Gasteiger partial charge on any atom is 0.278 e. The maximum absolute atomic E-state index is 13.7. The first kappa shape index (κ1) is 20.1. The molecule has 2 aromatic carbocycles. The van der Waals surface area contributed by atoms with E-state index in [2.05, 4.69) is 0 Å². The van der Waals surface area contributed by atoms with E-state index in [1.54, 1.807) is 13.8 Å². The molecule has 3 atom stereocenters. The Kier molecular flexibility index (Phi) is 5.43. The standard InChI is InChI=1S/C22H23Cl2NO2S/c1-22(2)21(26)25(13-14-6-7-14)19(15-8-10-17(23)11-9-15)20(28(22)27)16-4-3-5-18(24)12-16/h3-5,8-12,14,19-20H,6-7,13H2,1-2H3. The summed E-state index contributed by atoms with van der Waals surface area (Å²) in [7, 11) is 0. The molecule has 4 rings (SSSR count). The molecule has 0 bridgehead atoms. The topological polar surface area (TPSA) is 43.4 Å². The van der Waals surface area contributed by atoms with Crippen molar-refractivity contribution >= 4 is 40.3 Å². The number of carbonyl (C=O) groups excluding carboxylic acids is 1. The number of halogens is 2. The zero-order valence-corrected chi connectivity index (χ0v) is 18.2. The zero-order chi connectivity index (χ0) is 20.1. The van der Waals surface area contributed by atoms with Crippen LogP contribution in [0.15, 0.2) is 48.5 Å². The quantitative estimate of drug-likeness (QED) is 0.590. The molecule has 3 unspecified atom stereocenters. The molecule has 0 aromatic heterocycles. The Morgan fingerprint density at radius 1 is 1.07 bits per heavy atom. The number of rotatable bonds is 4. The zero-order valence-electron chi connectivity index (χ0n) is 15.9. The molecule has 6 heteroatoms. The molecule has 2 fully saturated rings. The van der Waals surface area contributed by atoms with Crippen LogP contribution in [-0.2, 0) is 16.0 Å². The van der Waals surface area contributed by atoms with Crippen molar-refractivity contribution in [3.05, 3.63) is 69.7 Å². The van der Waals surface area contributed by atoms with Gasteiger partial charge >= 0.3 is 0 Å². The minimum Gasteiger partial charge on any atom is -0.615 e. The average molecular weight is 436 g/mol. The van der Waals surface area contributed by atoms with Crippen molar-refractivity contribution in [3.8, 4) is 0 Å². The van der Waals surface area contributed by atoms with Crippen molar-refractivity contribution in [2.75, 3.05) is 6.54 Å². The second-order valence-electron chi connectivity index (χ2n) is 8.18. The Bertz CT molecular complexity index is 882. The Hall–Kier alpha value is -1.20. The molecule has 1 heterocycles. The fourth-order valence-electron chi connectivity index (χ4n) is 3.94. The summed E-state index contributed by atoms with van der Waals surface area (Å²) >= 11 is 10.9. The second-order valence-corrected chi connectivity index (χ2v) is 11.2. The maximum atomic E-state index is 13.7. The summed E-state index contributed by atoms with van der Waals surface area (Å²) in [6, 6.07) is 14.7. The number of amides is 1. The lowest BCUT2D eigenvalue weighted by atomic mass is 9.94. The predicted molar refractivity (Wildman–Crippen MR) is 115 cm³/mol. The Labute approximate surface area is 179 Å². The van der Waals surface area contributed by atoms with Crippen LogP contribution in [0.25, 0.3) is 0 Å². The monoisotopic (exact) mass is 435 g/mol. The molecule has 1 aliphatic carbocycles. The van der Waals surface area contributed by atoms with E-state index in [0.717, 1.165) is 24.0 Å². The summed E-state index contributed by atoms with van der Waals surface area (Å²) in [5, 5.41) is 0.888. The summed E-state index contributed by atoms with van der Waals surface area (Å²) in [5.74, 6) is 0.483. The van der Waals surface area contributed by atoms with Crippen molar-refractivity contribution in [3.63, 3.8) is 0 Å². The lowest BCUT2D eigenvalue weighted by molar-refractivity contribution is -0.137. The number of benzene rings is 2. The predicted octanol–water partition coefficient (Wildman–Crippen LogP) is 5.56. The Morgan fingerprint density at radius 3 is 2.36 bits per heavy atom. The molecule has 3 nitrogen and oxygen atoms in total. The highest BCUT2D eigenvalue weighted by atomic mass is 35.5. The van der Waals surface area contributed by atoms with E-state index < -0.39 is 15.9 Å². The van der Waals surface area contributed by atoms with Crippen LogP contribution >= 0.6 is 23.2 Å².